The molecule has 0 heterocycles. The van der Waals surface area contributed by atoms with E-state index in [9.17, 15) is 8.42 Å². The van der Waals surface area contributed by atoms with E-state index in [-0.39, 0.29) is 0 Å². The van der Waals surface area contributed by atoms with Crippen molar-refractivity contribution in [1.82, 2.24) is 4.72 Å². The van der Waals surface area contributed by atoms with Crippen LogP contribution < -0.4 is 4.72 Å². The molecule has 0 aliphatic carbocycles. The first-order valence-corrected chi connectivity index (χ1v) is 9.80. The topological polar surface area (TPSA) is 46.2 Å². The molecule has 24 heavy (non-hydrogen) atoms. The van der Waals surface area contributed by atoms with Gasteiger partial charge in [0.05, 0.1) is 4.90 Å². The summed E-state index contributed by atoms with van der Waals surface area (Å²) in [5.74, 6) is 0. The second-order valence-electron chi connectivity index (χ2n) is 4.80. The van der Waals surface area contributed by atoms with E-state index >= 15 is 0 Å². The summed E-state index contributed by atoms with van der Waals surface area (Å²) in [6.07, 6.45) is 0. The summed E-state index contributed by atoms with van der Waals surface area (Å²) in [5.41, 5.74) is 0. The highest BCUT2D eigenvalue weighted by atomic mass is 32.2. The third kappa shape index (κ3) is 5.85. The Morgan fingerprint density at radius 3 is 1.42 bits per heavy atom. The normalized spacial score (nSPS) is 10.5. The summed E-state index contributed by atoms with van der Waals surface area (Å²) in [4.78, 5) is 2.98. The molecule has 124 valence electrons. The van der Waals surface area contributed by atoms with Gasteiger partial charge in [-0.1, -0.05) is 54.6 Å². The molecule has 5 heteroatoms. The quantitative estimate of drug-likeness (QED) is 0.573. The second-order valence-corrected chi connectivity index (χ2v) is 7.95. The number of nitrogens with one attached hydrogen (secondary N) is 1. The average molecular weight is 359 g/mol. The summed E-state index contributed by atoms with van der Waals surface area (Å²) in [5, 5.41) is 0. The van der Waals surface area contributed by atoms with Gasteiger partial charge in [-0.2, -0.15) is 0 Å². The first-order chi connectivity index (χ1) is 11.6. The third-order valence-electron chi connectivity index (χ3n) is 3.09. The Hall–Kier alpha value is -2.08. The van der Waals surface area contributed by atoms with Gasteiger partial charge in [0, 0.05) is 11.8 Å². The molecule has 0 aromatic heterocycles. The highest BCUT2D eigenvalue weighted by Gasteiger charge is 2.08. The first kappa shape index (κ1) is 18.3. The SMILES string of the molecule is CNS(=O)(=O)c1ccccc1.c1ccc([SH+]c2ccccc2)cc1. The van der Waals surface area contributed by atoms with Gasteiger partial charge in [-0.15, -0.1) is 0 Å². The zero-order chi connectivity index (χ0) is 17.3. The van der Waals surface area contributed by atoms with Crippen LogP contribution in [0.2, 0.25) is 0 Å². The lowest BCUT2D eigenvalue weighted by molar-refractivity contribution is 0.588. The van der Waals surface area contributed by atoms with Gasteiger partial charge in [0.1, 0.15) is 0 Å². The Morgan fingerprint density at radius 2 is 1.04 bits per heavy atom. The van der Waals surface area contributed by atoms with E-state index in [0.717, 1.165) is 0 Å². The van der Waals surface area contributed by atoms with Crippen molar-refractivity contribution in [2.45, 2.75) is 14.7 Å². The maximum Gasteiger partial charge on any atom is 0.240 e. The molecule has 3 nitrogen and oxygen atoms in total. The van der Waals surface area contributed by atoms with Crippen LogP contribution in [-0.4, -0.2) is 15.5 Å². The number of benzene rings is 3. The van der Waals surface area contributed by atoms with Crippen LogP contribution in [0, 0.1) is 0 Å². The molecule has 0 saturated heterocycles. The molecule has 1 N–H and O–H groups in total. The van der Waals surface area contributed by atoms with E-state index in [4.69, 9.17) is 0 Å². The van der Waals surface area contributed by atoms with Crippen LogP contribution in [0.4, 0.5) is 0 Å². The van der Waals surface area contributed by atoms with E-state index in [2.05, 4.69) is 53.3 Å². The minimum absolute atomic E-state index is 0.294. The van der Waals surface area contributed by atoms with E-state index in [1.54, 1.807) is 30.3 Å². The molecule has 3 rings (SSSR count). The Bertz CT molecular complexity index is 784. The van der Waals surface area contributed by atoms with Crippen molar-refractivity contribution in [2.75, 3.05) is 7.05 Å². The smallest absolute Gasteiger partial charge is 0.214 e. The van der Waals surface area contributed by atoms with Crippen molar-refractivity contribution in [3.63, 3.8) is 0 Å². The zero-order valence-corrected chi connectivity index (χ0v) is 15.0. The average Bonchev–Trinajstić information content (AvgIpc) is 2.65. The van der Waals surface area contributed by atoms with Crippen molar-refractivity contribution >= 4 is 21.8 Å². The van der Waals surface area contributed by atoms with Crippen molar-refractivity contribution in [3.05, 3.63) is 91.0 Å². The highest BCUT2D eigenvalue weighted by Crippen LogP contribution is 2.10. The number of sulfonamides is 1. The van der Waals surface area contributed by atoms with Crippen LogP contribution in [0.5, 0.6) is 0 Å². The molecule has 0 amide bonds. The standard InChI is InChI=1S/C12H10S.C7H9NO2S/c1-3-7-11(8-4-1)13-12-9-5-2-6-10-12;1-8-11(9,10)7-5-3-2-4-6-7/h1-10H;2-6,8H,1H3/p+1. The van der Waals surface area contributed by atoms with Crippen LogP contribution >= 0.6 is 0 Å². The first-order valence-electron chi connectivity index (χ1n) is 7.42. The molecule has 0 unspecified atom stereocenters. The van der Waals surface area contributed by atoms with Gasteiger partial charge in [0.25, 0.3) is 0 Å². The largest absolute Gasteiger partial charge is 0.240 e. The van der Waals surface area contributed by atoms with E-state index in [1.807, 2.05) is 12.1 Å². The van der Waals surface area contributed by atoms with Crippen LogP contribution in [0.3, 0.4) is 0 Å². The number of hydrogen-bond donors (Lipinski definition) is 1. The molecule has 0 aliphatic rings. The third-order valence-corrected chi connectivity index (χ3v) is 5.64. The molecule has 0 radical (unpaired) electrons. The Balaban J connectivity index is 0.000000177. The number of thiol groups is 1. The summed E-state index contributed by atoms with van der Waals surface area (Å²) in [6, 6.07) is 29.2. The Morgan fingerprint density at radius 1 is 0.667 bits per heavy atom. The maximum absolute atomic E-state index is 11.1. The molecule has 0 atom stereocenters. The molecule has 0 aliphatic heterocycles. The van der Waals surface area contributed by atoms with Crippen molar-refractivity contribution in [2.24, 2.45) is 0 Å². The number of rotatable bonds is 4. The lowest BCUT2D eigenvalue weighted by atomic mass is 10.4. The van der Waals surface area contributed by atoms with Gasteiger partial charge in [-0.05, 0) is 43.4 Å². The fourth-order valence-corrected chi connectivity index (χ4v) is 3.56. The molecule has 3 aromatic rings. The van der Waals surface area contributed by atoms with Crippen molar-refractivity contribution < 1.29 is 8.42 Å². The Labute approximate surface area is 147 Å². The van der Waals surface area contributed by atoms with Crippen molar-refractivity contribution in [1.29, 1.82) is 0 Å². The minimum Gasteiger partial charge on any atom is -0.214 e. The van der Waals surface area contributed by atoms with E-state index in [0.29, 0.717) is 4.90 Å². The fourth-order valence-electron chi connectivity index (χ4n) is 1.87. The highest BCUT2D eigenvalue weighted by molar-refractivity contribution is 7.89. The fraction of sp³-hybridized carbons (Fsp3) is 0.0526. The predicted molar refractivity (Wildman–Crippen MR) is 101 cm³/mol. The minimum atomic E-state index is -3.25. The Kier molecular flexibility index (Phi) is 7.06. The molecule has 3 aromatic carbocycles. The molecule has 0 fully saturated rings. The molecular weight excluding hydrogens is 338 g/mol. The second kappa shape index (κ2) is 9.27. The van der Waals surface area contributed by atoms with Crippen LogP contribution in [0.25, 0.3) is 0 Å². The van der Waals surface area contributed by atoms with Crippen LogP contribution in [-0.2, 0) is 21.8 Å². The van der Waals surface area contributed by atoms with Gasteiger partial charge in [-0.3, -0.25) is 0 Å². The van der Waals surface area contributed by atoms with Gasteiger partial charge in [0.15, 0.2) is 9.79 Å². The van der Waals surface area contributed by atoms with Gasteiger partial charge < -0.3 is 0 Å². The van der Waals surface area contributed by atoms with Crippen molar-refractivity contribution in [3.8, 4) is 0 Å². The lowest BCUT2D eigenvalue weighted by Gasteiger charge is -1.99. The van der Waals surface area contributed by atoms with Crippen LogP contribution in [0.1, 0.15) is 0 Å². The molecule has 0 bridgehead atoms. The summed E-state index contributed by atoms with van der Waals surface area (Å²) < 4.78 is 24.4. The molecule has 0 saturated carbocycles. The number of hydrogen-bond acceptors (Lipinski definition) is 2. The van der Waals surface area contributed by atoms with E-state index in [1.165, 1.54) is 28.6 Å². The predicted octanol–water partition coefficient (Wildman–Crippen LogP) is 3.51. The summed E-state index contributed by atoms with van der Waals surface area (Å²) >= 11 is 1.28. The monoisotopic (exact) mass is 358 g/mol. The van der Waals surface area contributed by atoms with Gasteiger partial charge >= 0.3 is 0 Å². The molecule has 0 spiro atoms. The maximum atomic E-state index is 11.1. The zero-order valence-electron chi connectivity index (χ0n) is 13.3. The van der Waals surface area contributed by atoms with Gasteiger partial charge in [0.2, 0.25) is 10.0 Å². The van der Waals surface area contributed by atoms with Crippen LogP contribution in [0.15, 0.2) is 106 Å². The lowest BCUT2D eigenvalue weighted by Crippen LogP contribution is -2.18. The summed E-state index contributed by atoms with van der Waals surface area (Å²) in [6.45, 7) is 0. The van der Waals surface area contributed by atoms with E-state index < -0.39 is 10.0 Å². The molecular formula is C19H20NO2S2+. The van der Waals surface area contributed by atoms with Gasteiger partial charge in [-0.25, -0.2) is 13.1 Å². The summed E-state index contributed by atoms with van der Waals surface area (Å²) in [7, 11) is -1.86.